The summed E-state index contributed by atoms with van der Waals surface area (Å²) in [6, 6.07) is 4.82. The number of amides is 1. The van der Waals surface area contributed by atoms with E-state index in [0.717, 1.165) is 24.8 Å². The molecular weight excluding hydrogens is 247 g/mol. The number of carbonyl (C=O) groups excluding carboxylic acids is 1. The molecule has 0 aromatic heterocycles. The van der Waals surface area contributed by atoms with Crippen LogP contribution in [-0.4, -0.2) is 18.6 Å². The second kappa shape index (κ2) is 6.63. The second-order valence-corrected chi connectivity index (χ2v) is 4.70. The van der Waals surface area contributed by atoms with Crippen molar-refractivity contribution in [3.8, 4) is 0 Å². The first-order chi connectivity index (χ1) is 9.20. The molecule has 19 heavy (non-hydrogen) atoms. The summed E-state index contributed by atoms with van der Waals surface area (Å²) in [5, 5.41) is 2.71. The smallest absolute Gasteiger partial charge is 0.249 e. The molecule has 1 atom stereocenters. The van der Waals surface area contributed by atoms with Crippen LogP contribution in [-0.2, 0) is 22.6 Å². The van der Waals surface area contributed by atoms with Crippen molar-refractivity contribution >= 4 is 5.91 Å². The zero-order valence-electron chi connectivity index (χ0n) is 10.8. The molecule has 0 radical (unpaired) electrons. The highest BCUT2D eigenvalue weighted by Gasteiger charge is 2.21. The van der Waals surface area contributed by atoms with Gasteiger partial charge in [0.15, 0.2) is 0 Å². The van der Waals surface area contributed by atoms with Gasteiger partial charge in [-0.05, 0) is 30.9 Å². The summed E-state index contributed by atoms with van der Waals surface area (Å²) in [7, 11) is 0. The van der Waals surface area contributed by atoms with Gasteiger partial charge in [-0.15, -0.1) is 0 Å². The van der Waals surface area contributed by atoms with E-state index in [1.165, 1.54) is 6.07 Å². The van der Waals surface area contributed by atoms with E-state index < -0.39 is 0 Å². The third kappa shape index (κ3) is 3.75. The zero-order valence-corrected chi connectivity index (χ0v) is 10.8. The lowest BCUT2D eigenvalue weighted by atomic mass is 10.1. The van der Waals surface area contributed by atoms with Gasteiger partial charge in [-0.1, -0.05) is 12.1 Å². The van der Waals surface area contributed by atoms with Crippen molar-refractivity contribution in [2.24, 2.45) is 5.73 Å². The second-order valence-electron chi connectivity index (χ2n) is 4.70. The maximum Gasteiger partial charge on any atom is 0.249 e. The molecule has 1 aromatic rings. The first kappa shape index (κ1) is 14.0. The van der Waals surface area contributed by atoms with E-state index in [2.05, 4.69) is 5.32 Å². The Hall–Kier alpha value is -1.46. The molecule has 1 unspecified atom stereocenters. The Morgan fingerprint density at radius 2 is 2.32 bits per heavy atom. The molecular formula is C14H19FN2O2. The number of hydrogen-bond acceptors (Lipinski definition) is 3. The minimum Gasteiger partial charge on any atom is -0.368 e. The summed E-state index contributed by atoms with van der Waals surface area (Å²) in [6.45, 7) is 1.10. The minimum absolute atomic E-state index is 0.165. The van der Waals surface area contributed by atoms with Gasteiger partial charge in [0.25, 0.3) is 0 Å². The van der Waals surface area contributed by atoms with Crippen molar-refractivity contribution in [1.29, 1.82) is 0 Å². The normalized spacial score (nSPS) is 19.2. The Morgan fingerprint density at radius 3 is 2.95 bits per heavy atom. The molecule has 3 N–H and O–H groups in total. The molecule has 1 fully saturated rings. The van der Waals surface area contributed by atoms with E-state index in [-0.39, 0.29) is 24.4 Å². The topological polar surface area (TPSA) is 64.3 Å². The fourth-order valence-electron chi connectivity index (χ4n) is 2.10. The van der Waals surface area contributed by atoms with Gasteiger partial charge in [0.05, 0.1) is 0 Å². The van der Waals surface area contributed by atoms with Gasteiger partial charge < -0.3 is 15.8 Å². The molecule has 1 aromatic carbocycles. The fourth-order valence-corrected chi connectivity index (χ4v) is 2.10. The number of hydrogen-bond donors (Lipinski definition) is 2. The predicted molar refractivity (Wildman–Crippen MR) is 69.7 cm³/mol. The molecule has 104 valence electrons. The first-order valence-electron chi connectivity index (χ1n) is 6.57. The van der Waals surface area contributed by atoms with Crippen LogP contribution in [0.5, 0.6) is 0 Å². The van der Waals surface area contributed by atoms with E-state index >= 15 is 0 Å². The number of carbonyl (C=O) groups is 1. The van der Waals surface area contributed by atoms with Gasteiger partial charge >= 0.3 is 0 Å². The maximum atomic E-state index is 13.7. The molecule has 1 amide bonds. The molecule has 1 saturated heterocycles. The van der Waals surface area contributed by atoms with Crippen LogP contribution >= 0.6 is 0 Å². The lowest BCUT2D eigenvalue weighted by Crippen LogP contribution is -2.38. The Morgan fingerprint density at radius 1 is 1.47 bits per heavy atom. The average Bonchev–Trinajstić information content (AvgIpc) is 2.46. The molecule has 1 aliphatic rings. The van der Waals surface area contributed by atoms with E-state index in [1.54, 1.807) is 12.1 Å². The van der Waals surface area contributed by atoms with Crippen molar-refractivity contribution in [2.75, 3.05) is 6.61 Å². The van der Waals surface area contributed by atoms with Crippen LogP contribution in [0.2, 0.25) is 0 Å². The maximum absolute atomic E-state index is 13.7. The summed E-state index contributed by atoms with van der Waals surface area (Å²) >= 11 is 0. The molecule has 0 spiro atoms. The van der Waals surface area contributed by atoms with E-state index in [4.69, 9.17) is 10.5 Å². The molecule has 1 aliphatic heterocycles. The van der Waals surface area contributed by atoms with Crippen molar-refractivity contribution in [3.05, 3.63) is 35.1 Å². The standard InChI is InChI=1S/C14H19FN2O2/c15-12-7-10(8-16)4-5-11(12)9-17-14(18)13-3-1-2-6-19-13/h4-5,7,13H,1-3,6,8-9,16H2,(H,17,18). The SMILES string of the molecule is NCc1ccc(CNC(=O)C2CCCCO2)c(F)c1. The van der Waals surface area contributed by atoms with Gasteiger partial charge in [0, 0.05) is 25.3 Å². The van der Waals surface area contributed by atoms with Crippen LogP contribution in [0.1, 0.15) is 30.4 Å². The first-order valence-corrected chi connectivity index (χ1v) is 6.57. The van der Waals surface area contributed by atoms with Crippen LogP contribution in [0.3, 0.4) is 0 Å². The molecule has 4 nitrogen and oxygen atoms in total. The molecule has 1 heterocycles. The van der Waals surface area contributed by atoms with Crippen LogP contribution in [0, 0.1) is 5.82 Å². The van der Waals surface area contributed by atoms with E-state index in [1.807, 2.05) is 0 Å². The summed E-state index contributed by atoms with van der Waals surface area (Å²) in [4.78, 5) is 11.8. The van der Waals surface area contributed by atoms with Crippen LogP contribution in [0.15, 0.2) is 18.2 Å². The Labute approximate surface area is 112 Å². The fraction of sp³-hybridized carbons (Fsp3) is 0.500. The molecule has 0 saturated carbocycles. The van der Waals surface area contributed by atoms with Gasteiger partial charge in [0.1, 0.15) is 11.9 Å². The highest BCUT2D eigenvalue weighted by atomic mass is 19.1. The summed E-state index contributed by atoms with van der Waals surface area (Å²) in [5.41, 5.74) is 6.63. The predicted octanol–water partition coefficient (Wildman–Crippen LogP) is 1.47. The van der Waals surface area contributed by atoms with Crippen LogP contribution in [0.25, 0.3) is 0 Å². The Balaban J connectivity index is 1.89. The number of nitrogens with two attached hydrogens (primary N) is 1. The average molecular weight is 266 g/mol. The molecule has 5 heteroatoms. The highest BCUT2D eigenvalue weighted by molar-refractivity contribution is 5.80. The quantitative estimate of drug-likeness (QED) is 0.867. The molecule has 2 rings (SSSR count). The van der Waals surface area contributed by atoms with Gasteiger partial charge in [-0.3, -0.25) is 4.79 Å². The van der Waals surface area contributed by atoms with Crippen molar-refractivity contribution in [1.82, 2.24) is 5.32 Å². The van der Waals surface area contributed by atoms with Crippen molar-refractivity contribution < 1.29 is 13.9 Å². The summed E-state index contributed by atoms with van der Waals surface area (Å²) < 4.78 is 19.1. The molecule has 0 bridgehead atoms. The van der Waals surface area contributed by atoms with Gasteiger partial charge in [0.2, 0.25) is 5.91 Å². The number of nitrogens with one attached hydrogen (secondary N) is 1. The number of benzene rings is 1. The largest absolute Gasteiger partial charge is 0.368 e. The van der Waals surface area contributed by atoms with Crippen molar-refractivity contribution in [2.45, 2.75) is 38.5 Å². The third-order valence-corrected chi connectivity index (χ3v) is 3.28. The van der Waals surface area contributed by atoms with Crippen LogP contribution in [0.4, 0.5) is 4.39 Å². The summed E-state index contributed by atoms with van der Waals surface area (Å²) in [5.74, 6) is -0.505. The van der Waals surface area contributed by atoms with E-state index in [0.29, 0.717) is 18.7 Å². The number of halogens is 1. The third-order valence-electron chi connectivity index (χ3n) is 3.28. The number of rotatable bonds is 4. The lowest BCUT2D eigenvalue weighted by molar-refractivity contribution is -0.135. The van der Waals surface area contributed by atoms with Gasteiger partial charge in [-0.2, -0.15) is 0 Å². The highest BCUT2D eigenvalue weighted by Crippen LogP contribution is 2.14. The molecule has 0 aliphatic carbocycles. The van der Waals surface area contributed by atoms with Gasteiger partial charge in [-0.25, -0.2) is 4.39 Å². The van der Waals surface area contributed by atoms with E-state index in [9.17, 15) is 9.18 Å². The number of ether oxygens (including phenoxy) is 1. The zero-order chi connectivity index (χ0) is 13.7. The van der Waals surface area contributed by atoms with Crippen molar-refractivity contribution in [3.63, 3.8) is 0 Å². The minimum atomic E-state index is -0.389. The Bertz CT molecular complexity index is 445. The van der Waals surface area contributed by atoms with Crippen LogP contribution < -0.4 is 11.1 Å². The lowest BCUT2D eigenvalue weighted by Gasteiger charge is -2.21. The summed E-state index contributed by atoms with van der Waals surface area (Å²) in [6.07, 6.45) is 2.34. The Kier molecular flexibility index (Phi) is 4.87. The monoisotopic (exact) mass is 266 g/mol.